The highest BCUT2D eigenvalue weighted by Crippen LogP contribution is 2.26. The molecular formula is C12H11ClN4O4. The van der Waals surface area contributed by atoms with Crippen LogP contribution in [-0.4, -0.2) is 32.3 Å². The number of hydrogen-bond donors (Lipinski definition) is 0. The summed E-state index contributed by atoms with van der Waals surface area (Å²) >= 11 is 5.76. The first kappa shape index (κ1) is 14.9. The van der Waals surface area contributed by atoms with Gasteiger partial charge >= 0.3 is 5.97 Å². The number of nitrogens with zero attached hydrogens (tertiary/aromatic N) is 4. The second-order valence-corrected chi connectivity index (χ2v) is 4.44. The van der Waals surface area contributed by atoms with Crippen LogP contribution in [0.4, 0.5) is 5.69 Å². The molecule has 0 radical (unpaired) electrons. The second-order valence-electron chi connectivity index (χ2n) is 4.01. The van der Waals surface area contributed by atoms with E-state index in [0.29, 0.717) is 5.82 Å². The van der Waals surface area contributed by atoms with Crippen molar-refractivity contribution in [2.45, 2.75) is 13.8 Å². The average Bonchev–Trinajstić information content (AvgIpc) is 2.81. The number of esters is 1. The van der Waals surface area contributed by atoms with Gasteiger partial charge in [-0.2, -0.15) is 0 Å². The van der Waals surface area contributed by atoms with Crippen LogP contribution in [0.3, 0.4) is 0 Å². The molecule has 0 aliphatic rings. The molecule has 0 saturated carbocycles. The van der Waals surface area contributed by atoms with Gasteiger partial charge in [-0.15, -0.1) is 5.10 Å². The summed E-state index contributed by atoms with van der Waals surface area (Å²) in [5.41, 5.74) is -0.0594. The Kier molecular flexibility index (Phi) is 4.18. The van der Waals surface area contributed by atoms with Gasteiger partial charge in [0.1, 0.15) is 11.5 Å². The van der Waals surface area contributed by atoms with Crippen molar-refractivity contribution < 1.29 is 14.5 Å². The van der Waals surface area contributed by atoms with Crippen LogP contribution in [0, 0.1) is 17.0 Å². The minimum Gasteiger partial charge on any atom is -0.460 e. The van der Waals surface area contributed by atoms with Gasteiger partial charge in [-0.1, -0.05) is 11.6 Å². The van der Waals surface area contributed by atoms with E-state index in [9.17, 15) is 14.9 Å². The van der Waals surface area contributed by atoms with Crippen LogP contribution in [0.1, 0.15) is 23.4 Å². The first-order chi connectivity index (χ1) is 9.93. The average molecular weight is 311 g/mol. The van der Waals surface area contributed by atoms with E-state index in [2.05, 4.69) is 10.1 Å². The van der Waals surface area contributed by atoms with Crippen molar-refractivity contribution in [1.29, 1.82) is 0 Å². The molecule has 0 fully saturated rings. The Morgan fingerprint density at radius 3 is 2.86 bits per heavy atom. The zero-order valence-electron chi connectivity index (χ0n) is 11.2. The molecule has 1 aromatic heterocycles. The Balaban J connectivity index is 2.53. The summed E-state index contributed by atoms with van der Waals surface area (Å²) < 4.78 is 6.01. The monoisotopic (exact) mass is 310 g/mol. The van der Waals surface area contributed by atoms with E-state index in [1.807, 2.05) is 0 Å². The third kappa shape index (κ3) is 3.00. The third-order valence-electron chi connectivity index (χ3n) is 2.59. The number of hydrogen-bond acceptors (Lipinski definition) is 6. The van der Waals surface area contributed by atoms with Crippen LogP contribution in [0.15, 0.2) is 18.2 Å². The molecule has 0 bridgehead atoms. The molecule has 1 heterocycles. The number of carbonyl (C=O) groups is 1. The number of nitro groups is 1. The lowest BCUT2D eigenvalue weighted by Gasteiger charge is -2.04. The maximum absolute atomic E-state index is 11.6. The van der Waals surface area contributed by atoms with Crippen LogP contribution in [0.25, 0.3) is 5.69 Å². The summed E-state index contributed by atoms with van der Waals surface area (Å²) in [6.45, 7) is 3.42. The quantitative estimate of drug-likeness (QED) is 0.488. The predicted molar refractivity (Wildman–Crippen MR) is 73.7 cm³/mol. The molecule has 0 atom stereocenters. The number of aromatic nitrogens is 3. The number of ether oxygens (including phenoxy) is 1. The smallest absolute Gasteiger partial charge is 0.378 e. The molecule has 2 aromatic rings. The molecule has 0 amide bonds. The molecule has 9 heteroatoms. The molecule has 0 aliphatic carbocycles. The zero-order valence-corrected chi connectivity index (χ0v) is 12.0. The molecule has 0 aliphatic heterocycles. The summed E-state index contributed by atoms with van der Waals surface area (Å²) in [6.07, 6.45) is 0. The Labute approximate surface area is 124 Å². The fraction of sp³-hybridized carbons (Fsp3) is 0.250. The van der Waals surface area contributed by atoms with Gasteiger partial charge in [0.25, 0.3) is 11.5 Å². The van der Waals surface area contributed by atoms with Crippen LogP contribution in [-0.2, 0) is 4.74 Å². The van der Waals surface area contributed by atoms with Crippen LogP contribution in [0.2, 0.25) is 5.02 Å². The van der Waals surface area contributed by atoms with Crippen molar-refractivity contribution in [3.63, 3.8) is 0 Å². The zero-order chi connectivity index (χ0) is 15.6. The number of rotatable bonds is 4. The van der Waals surface area contributed by atoms with Gasteiger partial charge in [0, 0.05) is 11.1 Å². The van der Waals surface area contributed by atoms with Crippen molar-refractivity contribution >= 4 is 23.3 Å². The Bertz CT molecular complexity index is 713. The van der Waals surface area contributed by atoms with Gasteiger partial charge in [-0.25, -0.2) is 14.5 Å². The van der Waals surface area contributed by atoms with Crippen molar-refractivity contribution in [3.05, 3.63) is 45.0 Å². The topological polar surface area (TPSA) is 100 Å². The molecule has 0 N–H and O–H groups in total. The lowest BCUT2D eigenvalue weighted by Crippen LogP contribution is -2.08. The summed E-state index contributed by atoms with van der Waals surface area (Å²) in [5.74, 6) is -0.516. The number of carbonyl (C=O) groups excluding carboxylic acids is 1. The van der Waals surface area contributed by atoms with Crippen LogP contribution < -0.4 is 0 Å². The lowest BCUT2D eigenvalue weighted by molar-refractivity contribution is -0.384. The Morgan fingerprint density at radius 2 is 2.24 bits per heavy atom. The molecule has 0 spiro atoms. The van der Waals surface area contributed by atoms with Crippen LogP contribution >= 0.6 is 11.6 Å². The molecule has 110 valence electrons. The van der Waals surface area contributed by atoms with Gasteiger partial charge in [0.05, 0.1) is 11.5 Å². The predicted octanol–water partition coefficient (Wildman–Crippen LogP) is 2.31. The molecule has 0 saturated heterocycles. The molecule has 21 heavy (non-hydrogen) atoms. The maximum atomic E-state index is 11.6. The molecule has 2 rings (SSSR count). The standard InChI is InChI=1S/C12H11ClN4O4/c1-3-21-12(18)11-14-7(2)16(15-11)9-5-4-8(13)6-10(9)17(19)20/h4-6H,3H2,1-2H3. The van der Waals surface area contributed by atoms with E-state index in [1.54, 1.807) is 13.8 Å². The fourth-order valence-electron chi connectivity index (χ4n) is 1.72. The lowest BCUT2D eigenvalue weighted by atomic mass is 10.2. The highest BCUT2D eigenvalue weighted by atomic mass is 35.5. The maximum Gasteiger partial charge on any atom is 0.378 e. The Hall–Kier alpha value is -2.48. The summed E-state index contributed by atoms with van der Waals surface area (Å²) in [4.78, 5) is 26.1. The van der Waals surface area contributed by atoms with Crippen molar-refractivity contribution in [3.8, 4) is 5.69 Å². The van der Waals surface area contributed by atoms with E-state index in [4.69, 9.17) is 16.3 Å². The largest absolute Gasteiger partial charge is 0.460 e. The van der Waals surface area contributed by atoms with Gasteiger partial charge in [0.2, 0.25) is 0 Å². The number of nitro benzene ring substituents is 1. The summed E-state index contributed by atoms with van der Waals surface area (Å²) in [6, 6.07) is 4.15. The minimum absolute atomic E-state index is 0.154. The van der Waals surface area contributed by atoms with E-state index in [0.717, 1.165) is 0 Å². The molecular weight excluding hydrogens is 300 g/mol. The van der Waals surface area contributed by atoms with E-state index < -0.39 is 10.9 Å². The van der Waals surface area contributed by atoms with E-state index >= 15 is 0 Å². The SMILES string of the molecule is CCOC(=O)c1nc(C)n(-c2ccc(Cl)cc2[N+](=O)[O-])n1. The van der Waals surface area contributed by atoms with E-state index in [1.165, 1.54) is 22.9 Å². The number of aryl methyl sites for hydroxylation is 1. The highest BCUT2D eigenvalue weighted by Gasteiger charge is 2.22. The van der Waals surface area contributed by atoms with Gasteiger partial charge in [0.15, 0.2) is 0 Å². The summed E-state index contributed by atoms with van der Waals surface area (Å²) in [5, 5.41) is 15.3. The highest BCUT2D eigenvalue weighted by molar-refractivity contribution is 6.30. The van der Waals surface area contributed by atoms with Crippen LogP contribution in [0.5, 0.6) is 0 Å². The van der Waals surface area contributed by atoms with Crippen molar-refractivity contribution in [2.24, 2.45) is 0 Å². The molecule has 0 unspecified atom stereocenters. The first-order valence-corrected chi connectivity index (χ1v) is 6.37. The molecule has 8 nitrogen and oxygen atoms in total. The third-order valence-corrected chi connectivity index (χ3v) is 2.82. The first-order valence-electron chi connectivity index (χ1n) is 5.99. The van der Waals surface area contributed by atoms with Gasteiger partial charge < -0.3 is 4.74 Å². The normalized spacial score (nSPS) is 10.4. The van der Waals surface area contributed by atoms with Gasteiger partial charge in [-0.3, -0.25) is 10.1 Å². The minimum atomic E-state index is -0.684. The van der Waals surface area contributed by atoms with Gasteiger partial charge in [-0.05, 0) is 26.0 Å². The Morgan fingerprint density at radius 1 is 1.52 bits per heavy atom. The second kappa shape index (κ2) is 5.88. The molecule has 1 aromatic carbocycles. The fourth-order valence-corrected chi connectivity index (χ4v) is 1.89. The number of halogens is 1. The number of benzene rings is 1. The van der Waals surface area contributed by atoms with Crippen molar-refractivity contribution in [1.82, 2.24) is 14.8 Å². The van der Waals surface area contributed by atoms with Crippen molar-refractivity contribution in [2.75, 3.05) is 6.61 Å². The van der Waals surface area contributed by atoms with E-state index in [-0.39, 0.29) is 28.8 Å². The summed E-state index contributed by atoms with van der Waals surface area (Å²) in [7, 11) is 0.